The number of carbonyl (C=O) groups excluding carboxylic acids is 1. The monoisotopic (exact) mass is 275 g/mol. The summed E-state index contributed by atoms with van der Waals surface area (Å²) >= 11 is 0. The highest BCUT2D eigenvalue weighted by Crippen LogP contribution is 2.21. The molecule has 3 heteroatoms. The molecule has 1 aliphatic rings. The molecule has 0 spiro atoms. The van der Waals surface area contributed by atoms with Crippen LogP contribution >= 0.6 is 0 Å². The number of rotatable bonds is 2. The summed E-state index contributed by atoms with van der Waals surface area (Å²) in [6, 6.07) is 8.32. The molecule has 0 bridgehead atoms. The van der Waals surface area contributed by atoms with Gasteiger partial charge in [0.1, 0.15) is 11.6 Å². The summed E-state index contributed by atoms with van der Waals surface area (Å²) in [5.41, 5.74) is 2.32. The number of ether oxygens (including phenoxy) is 1. The maximum Gasteiger partial charge on any atom is 0.323 e. The Bertz CT molecular complexity index is 476. The van der Waals surface area contributed by atoms with E-state index in [0.717, 1.165) is 25.9 Å². The van der Waals surface area contributed by atoms with E-state index in [9.17, 15) is 4.79 Å². The van der Waals surface area contributed by atoms with Crippen molar-refractivity contribution in [3.05, 3.63) is 35.4 Å². The Balaban J connectivity index is 2.08. The van der Waals surface area contributed by atoms with Gasteiger partial charge in [-0.25, -0.2) is 0 Å². The van der Waals surface area contributed by atoms with E-state index in [2.05, 4.69) is 29.2 Å². The molecular weight excluding hydrogens is 250 g/mol. The van der Waals surface area contributed by atoms with Crippen LogP contribution in [0.15, 0.2) is 24.3 Å². The Morgan fingerprint density at radius 3 is 2.55 bits per heavy atom. The first-order chi connectivity index (χ1) is 9.37. The highest BCUT2D eigenvalue weighted by molar-refractivity contribution is 5.75. The summed E-state index contributed by atoms with van der Waals surface area (Å²) < 4.78 is 5.50. The first-order valence-corrected chi connectivity index (χ1v) is 7.40. The van der Waals surface area contributed by atoms with Crippen LogP contribution in [0, 0.1) is 0 Å². The minimum absolute atomic E-state index is 0.128. The number of fused-ring (bicyclic) bond motifs is 1. The lowest BCUT2D eigenvalue weighted by atomic mass is 10.0. The van der Waals surface area contributed by atoms with Gasteiger partial charge in [-0.05, 0) is 58.2 Å². The zero-order valence-electron chi connectivity index (χ0n) is 13.0. The molecular formula is C17H25NO2. The molecule has 0 fully saturated rings. The van der Waals surface area contributed by atoms with E-state index in [4.69, 9.17) is 4.74 Å². The van der Waals surface area contributed by atoms with Crippen LogP contribution in [0.2, 0.25) is 0 Å². The van der Waals surface area contributed by atoms with Crippen LogP contribution < -0.4 is 0 Å². The van der Waals surface area contributed by atoms with Gasteiger partial charge in [-0.3, -0.25) is 9.69 Å². The third-order valence-corrected chi connectivity index (χ3v) is 3.68. The van der Waals surface area contributed by atoms with Gasteiger partial charge in [0.25, 0.3) is 0 Å². The van der Waals surface area contributed by atoms with Crippen molar-refractivity contribution in [2.24, 2.45) is 0 Å². The molecule has 3 nitrogen and oxygen atoms in total. The van der Waals surface area contributed by atoms with Gasteiger partial charge < -0.3 is 4.74 Å². The molecule has 0 saturated heterocycles. The first-order valence-electron chi connectivity index (χ1n) is 7.40. The van der Waals surface area contributed by atoms with Gasteiger partial charge in [0.2, 0.25) is 0 Å². The Morgan fingerprint density at radius 1 is 1.25 bits per heavy atom. The average molecular weight is 275 g/mol. The molecule has 0 saturated carbocycles. The summed E-state index contributed by atoms with van der Waals surface area (Å²) in [6.07, 6.45) is 2.18. The van der Waals surface area contributed by atoms with Crippen LogP contribution in [-0.4, -0.2) is 29.1 Å². The lowest BCUT2D eigenvalue weighted by Crippen LogP contribution is -2.42. The molecule has 110 valence electrons. The van der Waals surface area contributed by atoms with E-state index in [1.54, 1.807) is 0 Å². The first kappa shape index (κ1) is 15.0. The molecule has 0 radical (unpaired) electrons. The fourth-order valence-electron chi connectivity index (χ4n) is 2.59. The van der Waals surface area contributed by atoms with E-state index < -0.39 is 5.60 Å². The SMILES string of the molecule is CC(C(=O)OC(C)(C)C)N1CCCc2ccccc2C1. The molecule has 2 rings (SSSR count). The Labute approximate surface area is 121 Å². The smallest absolute Gasteiger partial charge is 0.323 e. The van der Waals surface area contributed by atoms with Crippen molar-refractivity contribution < 1.29 is 9.53 Å². The maximum absolute atomic E-state index is 12.2. The fourth-order valence-corrected chi connectivity index (χ4v) is 2.59. The average Bonchev–Trinajstić information content (AvgIpc) is 2.57. The van der Waals surface area contributed by atoms with Crippen molar-refractivity contribution in [1.29, 1.82) is 0 Å². The van der Waals surface area contributed by atoms with E-state index in [-0.39, 0.29) is 12.0 Å². The van der Waals surface area contributed by atoms with Crippen LogP contribution in [0.3, 0.4) is 0 Å². The third kappa shape index (κ3) is 3.83. The van der Waals surface area contributed by atoms with Crippen molar-refractivity contribution in [1.82, 2.24) is 4.90 Å². The normalized spacial score (nSPS) is 18.0. The van der Waals surface area contributed by atoms with E-state index in [1.165, 1.54) is 11.1 Å². The predicted octanol–water partition coefficient (Wildman–Crippen LogP) is 3.17. The topological polar surface area (TPSA) is 29.5 Å². The molecule has 0 N–H and O–H groups in total. The summed E-state index contributed by atoms with van der Waals surface area (Å²) in [6.45, 7) is 9.45. The summed E-state index contributed by atoms with van der Waals surface area (Å²) in [5, 5.41) is 0. The molecule has 1 aliphatic heterocycles. The van der Waals surface area contributed by atoms with E-state index in [1.807, 2.05) is 27.7 Å². The predicted molar refractivity (Wildman–Crippen MR) is 80.5 cm³/mol. The maximum atomic E-state index is 12.2. The Kier molecular flexibility index (Phi) is 4.48. The van der Waals surface area contributed by atoms with E-state index in [0.29, 0.717) is 0 Å². The molecule has 1 unspecified atom stereocenters. The molecule has 0 amide bonds. The van der Waals surface area contributed by atoms with Crippen molar-refractivity contribution in [3.8, 4) is 0 Å². The number of nitrogens with zero attached hydrogens (tertiary/aromatic N) is 1. The standard InChI is InChI=1S/C17H25NO2/c1-13(16(19)20-17(2,3)4)18-11-7-10-14-8-5-6-9-15(14)12-18/h5-6,8-9,13H,7,10-12H2,1-4H3. The number of carbonyl (C=O) groups is 1. The lowest BCUT2D eigenvalue weighted by Gasteiger charge is -2.29. The molecule has 1 heterocycles. The van der Waals surface area contributed by atoms with Gasteiger partial charge in [0.15, 0.2) is 0 Å². The zero-order chi connectivity index (χ0) is 14.8. The minimum atomic E-state index is -0.422. The van der Waals surface area contributed by atoms with E-state index >= 15 is 0 Å². The summed E-state index contributed by atoms with van der Waals surface area (Å²) in [4.78, 5) is 14.4. The molecule has 1 aromatic rings. The van der Waals surface area contributed by atoms with Gasteiger partial charge in [-0.15, -0.1) is 0 Å². The number of hydrogen-bond acceptors (Lipinski definition) is 3. The summed E-state index contributed by atoms with van der Waals surface area (Å²) in [7, 11) is 0. The van der Waals surface area contributed by atoms with Gasteiger partial charge in [-0.2, -0.15) is 0 Å². The quantitative estimate of drug-likeness (QED) is 0.776. The fraction of sp³-hybridized carbons (Fsp3) is 0.588. The van der Waals surface area contributed by atoms with Crippen molar-refractivity contribution in [3.63, 3.8) is 0 Å². The zero-order valence-corrected chi connectivity index (χ0v) is 13.0. The van der Waals surface area contributed by atoms with Crippen LogP contribution in [-0.2, 0) is 22.5 Å². The molecule has 20 heavy (non-hydrogen) atoms. The van der Waals surface area contributed by atoms with Gasteiger partial charge >= 0.3 is 5.97 Å². The number of benzene rings is 1. The molecule has 1 atom stereocenters. The highest BCUT2D eigenvalue weighted by Gasteiger charge is 2.27. The molecule has 0 aliphatic carbocycles. The van der Waals surface area contributed by atoms with Crippen LogP contribution in [0.4, 0.5) is 0 Å². The minimum Gasteiger partial charge on any atom is -0.459 e. The van der Waals surface area contributed by atoms with Crippen molar-refractivity contribution in [2.45, 2.75) is 58.7 Å². The molecule has 0 aromatic heterocycles. The van der Waals surface area contributed by atoms with Crippen LogP contribution in [0.1, 0.15) is 45.2 Å². The number of aryl methyl sites for hydroxylation is 1. The largest absolute Gasteiger partial charge is 0.459 e. The van der Waals surface area contributed by atoms with Gasteiger partial charge in [0, 0.05) is 6.54 Å². The van der Waals surface area contributed by atoms with Crippen LogP contribution in [0.5, 0.6) is 0 Å². The van der Waals surface area contributed by atoms with Crippen molar-refractivity contribution in [2.75, 3.05) is 6.54 Å². The van der Waals surface area contributed by atoms with Gasteiger partial charge in [0.05, 0.1) is 0 Å². The lowest BCUT2D eigenvalue weighted by molar-refractivity contribution is -0.161. The Hall–Kier alpha value is -1.35. The second kappa shape index (κ2) is 5.96. The second-order valence-corrected chi connectivity index (χ2v) is 6.55. The van der Waals surface area contributed by atoms with Crippen LogP contribution in [0.25, 0.3) is 0 Å². The highest BCUT2D eigenvalue weighted by atomic mass is 16.6. The number of esters is 1. The third-order valence-electron chi connectivity index (χ3n) is 3.68. The number of hydrogen-bond donors (Lipinski definition) is 0. The molecule has 1 aromatic carbocycles. The Morgan fingerprint density at radius 2 is 1.90 bits per heavy atom. The summed E-state index contributed by atoms with van der Waals surface area (Å²) in [5.74, 6) is -0.128. The van der Waals surface area contributed by atoms with Crippen molar-refractivity contribution >= 4 is 5.97 Å². The second-order valence-electron chi connectivity index (χ2n) is 6.55. The van der Waals surface area contributed by atoms with Gasteiger partial charge in [-0.1, -0.05) is 24.3 Å².